The van der Waals surface area contributed by atoms with Crippen LogP contribution >= 0.6 is 0 Å². The largest absolute Gasteiger partial charge is 0.456 e. The molecular formula is C71H46O2. The first kappa shape index (κ1) is 29.0. The van der Waals surface area contributed by atoms with Crippen LogP contribution in [0.25, 0.3) is 143 Å². The van der Waals surface area contributed by atoms with E-state index in [0.717, 1.165) is 44.0 Å². The molecule has 73 heavy (non-hydrogen) atoms. The SMILES string of the molecule is [2H]c1c([2H])c([2H])c2c(-c3cccc(-c4cccc5oc6ccccc6c45)c3)c3c([2H])c([2H])c([2H])c([2H])c3c(-c3ccccc3)c2c1[2H].[2H]c1c([2H])c([2H])c2c(-c3cccc4oc5c(C)cccc5c34)c3c([2H])c([2H])c([2H])c([2H])c3c(-c3ccccc3)c2c1[2H]. The number of rotatable bonds is 5. The van der Waals surface area contributed by atoms with Crippen LogP contribution in [-0.2, 0) is 0 Å². The molecular weight excluding hydrogens is 885 g/mol. The van der Waals surface area contributed by atoms with Gasteiger partial charge in [0.05, 0.1) is 21.9 Å². The maximum atomic E-state index is 9.17. The lowest BCUT2D eigenvalue weighted by atomic mass is 9.85. The fourth-order valence-corrected chi connectivity index (χ4v) is 10.6. The summed E-state index contributed by atoms with van der Waals surface area (Å²) in [6, 6.07) is 44.7. The van der Waals surface area contributed by atoms with E-state index in [1.807, 2.05) is 116 Å². The van der Waals surface area contributed by atoms with E-state index in [1.165, 1.54) is 0 Å². The summed E-state index contributed by atoms with van der Waals surface area (Å²) in [4.78, 5) is 0. The number of hydrogen-bond donors (Lipinski definition) is 0. The third-order valence-corrected chi connectivity index (χ3v) is 13.7. The van der Waals surface area contributed by atoms with Gasteiger partial charge in [0.25, 0.3) is 0 Å². The van der Waals surface area contributed by atoms with Crippen LogP contribution in [0, 0.1) is 6.92 Å². The van der Waals surface area contributed by atoms with Crippen LogP contribution in [0.2, 0.25) is 0 Å². The van der Waals surface area contributed by atoms with Gasteiger partial charge in [0.1, 0.15) is 22.3 Å². The van der Waals surface area contributed by atoms with Gasteiger partial charge < -0.3 is 8.83 Å². The van der Waals surface area contributed by atoms with Crippen molar-refractivity contribution in [3.8, 4) is 55.6 Å². The quantitative estimate of drug-likeness (QED) is 0.161. The number of hydrogen-bond acceptors (Lipinski definition) is 2. The molecule has 0 unspecified atom stereocenters. The molecule has 0 aliphatic carbocycles. The molecule has 15 rings (SSSR count). The van der Waals surface area contributed by atoms with Crippen molar-refractivity contribution in [2.75, 3.05) is 0 Å². The monoisotopic (exact) mass is 946 g/mol. The molecule has 2 heteroatoms. The van der Waals surface area contributed by atoms with E-state index in [-0.39, 0.29) is 91.4 Å². The van der Waals surface area contributed by atoms with Gasteiger partial charge in [-0.25, -0.2) is 0 Å². The standard InChI is InChI=1S/C38H24O.C33H22O/c1-2-12-25(13-3-1)36-29-16-4-6-18-31(29)37(32-19-7-5-17-30(32)36)27-15-10-14-26(24-27)28-21-11-23-35-38(28)33-20-8-9-22-34(33)39-35;1-21-11-9-19-28-32-27(18-10-20-29(32)34-33(21)28)31-25-16-7-5-14-23(25)30(22-12-3-2-4-13-22)24-15-6-8-17-26(24)31/h1-24H;2-20H,1H3/i4D,5D,6D,7D,16D,17D,18D,19D;5D,6D,7D,8D,14D,15D,16D,17D. The summed E-state index contributed by atoms with van der Waals surface area (Å²) in [6.45, 7) is 1.94. The average Bonchev–Trinajstić information content (AvgIpc) is 1.64. The molecule has 0 bridgehead atoms. The molecule has 2 aromatic heterocycles. The molecule has 0 fully saturated rings. The first-order valence-corrected chi connectivity index (χ1v) is 23.8. The van der Waals surface area contributed by atoms with Crippen LogP contribution in [0.4, 0.5) is 0 Å². The van der Waals surface area contributed by atoms with E-state index in [2.05, 4.69) is 0 Å². The lowest BCUT2D eigenvalue weighted by molar-refractivity contribution is 0.666. The molecule has 15 aromatic rings. The minimum atomic E-state index is -0.423. The van der Waals surface area contributed by atoms with E-state index >= 15 is 0 Å². The number of furan rings is 2. The molecule has 0 amide bonds. The highest BCUT2D eigenvalue weighted by Gasteiger charge is 2.22. The Morgan fingerprint density at radius 1 is 0.288 bits per heavy atom. The molecule has 0 radical (unpaired) electrons. The first-order valence-electron chi connectivity index (χ1n) is 31.8. The van der Waals surface area contributed by atoms with Crippen molar-refractivity contribution >= 4 is 87.0 Å². The summed E-state index contributed by atoms with van der Waals surface area (Å²) < 4.78 is 154. The van der Waals surface area contributed by atoms with Crippen molar-refractivity contribution in [1.29, 1.82) is 0 Å². The van der Waals surface area contributed by atoms with Gasteiger partial charge >= 0.3 is 0 Å². The minimum absolute atomic E-state index is 0.187. The maximum absolute atomic E-state index is 9.17. The van der Waals surface area contributed by atoms with Crippen molar-refractivity contribution in [2.45, 2.75) is 6.92 Å². The molecule has 0 aliphatic heterocycles. The molecule has 0 saturated carbocycles. The summed E-state index contributed by atoms with van der Waals surface area (Å²) >= 11 is 0. The summed E-state index contributed by atoms with van der Waals surface area (Å²) in [5.74, 6) is 0. The third-order valence-electron chi connectivity index (χ3n) is 13.7. The van der Waals surface area contributed by atoms with Crippen LogP contribution < -0.4 is 0 Å². The normalized spacial score (nSPS) is 14.7. The fraction of sp³-hybridized carbons (Fsp3) is 0.0141. The van der Waals surface area contributed by atoms with Gasteiger partial charge in [0.15, 0.2) is 0 Å². The Bertz CT molecular complexity index is 5420. The number of para-hydroxylation sites is 2. The van der Waals surface area contributed by atoms with Crippen LogP contribution in [0.3, 0.4) is 0 Å². The van der Waals surface area contributed by atoms with Crippen molar-refractivity contribution in [1.82, 2.24) is 0 Å². The number of benzene rings is 13. The Kier molecular flexibility index (Phi) is 6.92. The predicted octanol–water partition coefficient (Wildman–Crippen LogP) is 20.4. The van der Waals surface area contributed by atoms with Crippen LogP contribution in [0.1, 0.15) is 27.5 Å². The van der Waals surface area contributed by atoms with Crippen LogP contribution in [0.5, 0.6) is 0 Å². The highest BCUT2D eigenvalue weighted by molar-refractivity contribution is 6.26. The number of aryl methyl sites for hydroxylation is 1. The Morgan fingerprint density at radius 3 is 1.23 bits per heavy atom. The van der Waals surface area contributed by atoms with Crippen molar-refractivity contribution < 1.29 is 30.8 Å². The summed E-state index contributed by atoms with van der Waals surface area (Å²) in [6.07, 6.45) is 0. The topological polar surface area (TPSA) is 26.3 Å². The highest BCUT2D eigenvalue weighted by Crippen LogP contribution is 2.48. The van der Waals surface area contributed by atoms with E-state index in [0.29, 0.717) is 61.1 Å². The van der Waals surface area contributed by atoms with Gasteiger partial charge in [0, 0.05) is 21.5 Å². The molecule has 342 valence electrons. The minimum Gasteiger partial charge on any atom is -0.456 e. The molecule has 0 N–H and O–H groups in total. The lowest BCUT2D eigenvalue weighted by Gasteiger charge is -2.18. The zero-order valence-electron chi connectivity index (χ0n) is 54.9. The zero-order valence-corrected chi connectivity index (χ0v) is 38.9. The Balaban J connectivity index is 0.000000157. The van der Waals surface area contributed by atoms with Crippen molar-refractivity contribution in [2.24, 2.45) is 0 Å². The number of fused-ring (bicyclic) bond motifs is 10. The van der Waals surface area contributed by atoms with Gasteiger partial charge in [0.2, 0.25) is 0 Å². The van der Waals surface area contributed by atoms with Gasteiger partial charge in [-0.3, -0.25) is 0 Å². The average molecular weight is 947 g/mol. The molecule has 0 aliphatic rings. The lowest BCUT2D eigenvalue weighted by Crippen LogP contribution is -1.91. The maximum Gasteiger partial charge on any atom is 0.138 e. The molecule has 0 saturated heterocycles. The van der Waals surface area contributed by atoms with E-state index in [4.69, 9.17) is 28.0 Å². The highest BCUT2D eigenvalue weighted by atomic mass is 16.3. The van der Waals surface area contributed by atoms with Gasteiger partial charge in [-0.1, -0.05) is 236 Å². The molecule has 0 spiro atoms. The van der Waals surface area contributed by atoms with E-state index in [1.54, 1.807) is 54.6 Å². The smallest absolute Gasteiger partial charge is 0.138 e. The zero-order chi connectivity index (χ0) is 62.3. The summed E-state index contributed by atoms with van der Waals surface area (Å²) in [5.41, 5.74) is 8.93. The van der Waals surface area contributed by atoms with Crippen molar-refractivity contribution in [3.63, 3.8) is 0 Å². The second-order valence-electron chi connectivity index (χ2n) is 17.8. The first-order chi connectivity index (χ1) is 42.8. The Labute approximate surface area is 445 Å². The third kappa shape index (κ3) is 6.94. The summed E-state index contributed by atoms with van der Waals surface area (Å²) in [5, 5.41) is 4.93. The predicted molar refractivity (Wildman–Crippen MR) is 309 cm³/mol. The second-order valence-corrected chi connectivity index (χ2v) is 17.8. The van der Waals surface area contributed by atoms with Crippen molar-refractivity contribution in [3.05, 3.63) is 266 Å². The molecule has 13 aromatic carbocycles. The van der Waals surface area contributed by atoms with E-state index < -0.39 is 48.3 Å². The second kappa shape index (κ2) is 17.4. The Morgan fingerprint density at radius 2 is 0.671 bits per heavy atom. The Hall–Kier alpha value is -9.50. The van der Waals surface area contributed by atoms with Crippen LogP contribution in [0.15, 0.2) is 269 Å². The molecule has 0 atom stereocenters. The van der Waals surface area contributed by atoms with Crippen LogP contribution in [-0.4, -0.2) is 0 Å². The van der Waals surface area contributed by atoms with Gasteiger partial charge in [-0.15, -0.1) is 0 Å². The molecule has 2 heterocycles. The summed E-state index contributed by atoms with van der Waals surface area (Å²) in [7, 11) is 0. The van der Waals surface area contributed by atoms with Gasteiger partial charge in [-0.05, 0) is 135 Å². The molecule has 2 nitrogen and oxygen atoms in total. The van der Waals surface area contributed by atoms with E-state index in [9.17, 15) is 2.74 Å². The van der Waals surface area contributed by atoms with Gasteiger partial charge in [-0.2, -0.15) is 0 Å². The fourth-order valence-electron chi connectivity index (χ4n) is 10.6.